The van der Waals surface area contributed by atoms with Gasteiger partial charge in [-0.15, -0.1) is 0 Å². The molecule has 0 radical (unpaired) electrons. The number of amides is 2. The van der Waals surface area contributed by atoms with Crippen molar-refractivity contribution in [2.45, 2.75) is 33.2 Å². The SMILES string of the molecule is CC1(C)CO[C@H]2Cn3cc(C(=O)NCc4ccc(F)cc4)c(=O)c(O)c3C(=O)N2C1. The molecule has 0 unspecified atom stereocenters. The van der Waals surface area contributed by atoms with Crippen molar-refractivity contribution >= 4 is 11.8 Å². The van der Waals surface area contributed by atoms with Crippen molar-refractivity contribution in [2.24, 2.45) is 5.41 Å². The van der Waals surface area contributed by atoms with Crippen LogP contribution in [0.1, 0.15) is 40.3 Å². The summed E-state index contributed by atoms with van der Waals surface area (Å²) in [5.74, 6) is -2.35. The van der Waals surface area contributed by atoms with Gasteiger partial charge in [-0.3, -0.25) is 14.4 Å². The van der Waals surface area contributed by atoms with E-state index in [-0.39, 0.29) is 29.8 Å². The predicted octanol–water partition coefficient (Wildman–Crippen LogP) is 1.46. The Bertz CT molecular complexity index is 1080. The summed E-state index contributed by atoms with van der Waals surface area (Å²) in [5, 5.41) is 13.0. The average molecular weight is 415 g/mol. The maximum atomic E-state index is 13.0. The topological polar surface area (TPSA) is 101 Å². The van der Waals surface area contributed by atoms with E-state index in [0.717, 1.165) is 0 Å². The number of carbonyl (C=O) groups excluding carboxylic acids is 2. The van der Waals surface area contributed by atoms with Crippen LogP contribution in [0, 0.1) is 11.2 Å². The molecule has 8 nitrogen and oxygen atoms in total. The first-order valence-electron chi connectivity index (χ1n) is 9.58. The van der Waals surface area contributed by atoms with E-state index >= 15 is 0 Å². The van der Waals surface area contributed by atoms with Crippen molar-refractivity contribution in [2.75, 3.05) is 13.2 Å². The number of halogens is 1. The van der Waals surface area contributed by atoms with Gasteiger partial charge in [0.1, 0.15) is 11.4 Å². The first-order valence-corrected chi connectivity index (χ1v) is 9.58. The number of rotatable bonds is 3. The molecule has 0 bridgehead atoms. The van der Waals surface area contributed by atoms with Gasteiger partial charge >= 0.3 is 0 Å². The molecule has 0 saturated carbocycles. The Hall–Kier alpha value is -3.20. The molecular formula is C21H22FN3O5. The highest BCUT2D eigenvalue weighted by Gasteiger charge is 2.42. The Labute approximate surface area is 171 Å². The first-order chi connectivity index (χ1) is 14.2. The van der Waals surface area contributed by atoms with E-state index in [1.807, 2.05) is 13.8 Å². The minimum atomic E-state index is -0.915. The molecule has 1 aromatic carbocycles. The largest absolute Gasteiger partial charge is 0.503 e. The van der Waals surface area contributed by atoms with E-state index < -0.39 is 35.0 Å². The van der Waals surface area contributed by atoms with Crippen molar-refractivity contribution < 1.29 is 23.8 Å². The predicted molar refractivity (Wildman–Crippen MR) is 104 cm³/mol. The summed E-state index contributed by atoms with van der Waals surface area (Å²) in [5.41, 5.74) is -0.939. The minimum absolute atomic E-state index is 0.0780. The van der Waals surface area contributed by atoms with E-state index in [1.165, 1.54) is 39.9 Å². The average Bonchev–Trinajstić information content (AvgIpc) is 2.70. The molecule has 1 fully saturated rings. The Morgan fingerprint density at radius 2 is 2.00 bits per heavy atom. The number of benzene rings is 1. The zero-order valence-corrected chi connectivity index (χ0v) is 16.6. The molecule has 30 heavy (non-hydrogen) atoms. The van der Waals surface area contributed by atoms with Gasteiger partial charge in [-0.25, -0.2) is 4.39 Å². The van der Waals surface area contributed by atoms with Gasteiger partial charge < -0.3 is 24.6 Å². The lowest BCUT2D eigenvalue weighted by atomic mass is 9.91. The second-order valence-electron chi connectivity index (χ2n) is 8.39. The number of aromatic hydroxyl groups is 1. The molecule has 2 N–H and O–H groups in total. The second-order valence-corrected chi connectivity index (χ2v) is 8.39. The van der Waals surface area contributed by atoms with E-state index in [9.17, 15) is 23.9 Å². The number of nitrogens with zero attached hydrogens (tertiary/aromatic N) is 2. The van der Waals surface area contributed by atoms with Crippen LogP contribution in [0.2, 0.25) is 0 Å². The molecule has 4 rings (SSSR count). The smallest absolute Gasteiger partial charge is 0.276 e. The van der Waals surface area contributed by atoms with Gasteiger partial charge in [0.2, 0.25) is 5.43 Å². The summed E-state index contributed by atoms with van der Waals surface area (Å²) in [7, 11) is 0. The third-order valence-electron chi connectivity index (χ3n) is 5.30. The molecule has 2 aromatic rings. The zero-order chi connectivity index (χ0) is 21.6. The minimum Gasteiger partial charge on any atom is -0.503 e. The molecule has 1 aromatic heterocycles. The third kappa shape index (κ3) is 3.56. The van der Waals surface area contributed by atoms with Crippen LogP contribution in [0.15, 0.2) is 35.3 Å². The molecule has 2 amide bonds. The lowest BCUT2D eigenvalue weighted by Crippen LogP contribution is -2.58. The van der Waals surface area contributed by atoms with Gasteiger partial charge in [0.15, 0.2) is 17.7 Å². The van der Waals surface area contributed by atoms with Crippen LogP contribution in [0.3, 0.4) is 0 Å². The summed E-state index contributed by atoms with van der Waals surface area (Å²) >= 11 is 0. The van der Waals surface area contributed by atoms with Crippen LogP contribution in [0.4, 0.5) is 4.39 Å². The Kier molecular flexibility index (Phi) is 4.85. The van der Waals surface area contributed by atoms with Crippen molar-refractivity contribution in [3.8, 4) is 5.75 Å². The fourth-order valence-electron chi connectivity index (χ4n) is 3.74. The molecule has 9 heteroatoms. The van der Waals surface area contributed by atoms with Crippen LogP contribution in [0.25, 0.3) is 0 Å². The number of hydrogen-bond donors (Lipinski definition) is 2. The van der Waals surface area contributed by atoms with Crippen LogP contribution in [-0.4, -0.2) is 45.8 Å². The van der Waals surface area contributed by atoms with Crippen molar-refractivity contribution in [3.05, 3.63) is 63.3 Å². The number of fused-ring (bicyclic) bond motifs is 2. The number of nitrogens with one attached hydrogen (secondary N) is 1. The van der Waals surface area contributed by atoms with Crippen LogP contribution >= 0.6 is 0 Å². The quantitative estimate of drug-likeness (QED) is 0.791. The molecule has 0 aliphatic carbocycles. The molecule has 2 aliphatic heterocycles. The summed E-state index contributed by atoms with van der Waals surface area (Å²) in [4.78, 5) is 39.6. The van der Waals surface area contributed by atoms with Crippen LogP contribution in [-0.2, 0) is 17.8 Å². The van der Waals surface area contributed by atoms with Gasteiger partial charge in [0.25, 0.3) is 11.8 Å². The number of pyridine rings is 1. The molecule has 0 spiro atoms. The Morgan fingerprint density at radius 3 is 2.70 bits per heavy atom. The Morgan fingerprint density at radius 1 is 1.30 bits per heavy atom. The lowest BCUT2D eigenvalue weighted by molar-refractivity contribution is -0.137. The van der Waals surface area contributed by atoms with Gasteiger partial charge in [-0.2, -0.15) is 0 Å². The van der Waals surface area contributed by atoms with Gasteiger partial charge in [-0.1, -0.05) is 26.0 Å². The zero-order valence-electron chi connectivity index (χ0n) is 16.6. The highest BCUT2D eigenvalue weighted by atomic mass is 19.1. The van der Waals surface area contributed by atoms with Crippen molar-refractivity contribution in [1.29, 1.82) is 0 Å². The summed E-state index contributed by atoms with van der Waals surface area (Å²) in [6, 6.07) is 5.57. The van der Waals surface area contributed by atoms with Gasteiger partial charge in [0, 0.05) is 24.7 Å². The molecule has 2 aliphatic rings. The molecule has 3 heterocycles. The highest BCUT2D eigenvalue weighted by molar-refractivity contribution is 5.99. The maximum Gasteiger partial charge on any atom is 0.276 e. The van der Waals surface area contributed by atoms with E-state index in [0.29, 0.717) is 18.7 Å². The molecule has 1 saturated heterocycles. The van der Waals surface area contributed by atoms with E-state index in [1.54, 1.807) is 0 Å². The summed E-state index contributed by atoms with van der Waals surface area (Å²) < 4.78 is 20.2. The van der Waals surface area contributed by atoms with Crippen molar-refractivity contribution in [1.82, 2.24) is 14.8 Å². The third-order valence-corrected chi connectivity index (χ3v) is 5.30. The number of carbonyl (C=O) groups is 2. The first kappa shape index (κ1) is 20.1. The van der Waals surface area contributed by atoms with Crippen LogP contribution in [0.5, 0.6) is 5.75 Å². The standard InChI is InChI=1S/C21H22FN3O5/c1-21(2)10-25-15(30-11-21)9-24-8-14(17(26)18(27)16(24)20(25)29)19(28)23-7-12-3-5-13(22)6-4-12/h3-6,8,15,27H,7,9-11H2,1-2H3,(H,23,28)/t15-/m0/s1. The van der Waals surface area contributed by atoms with E-state index in [4.69, 9.17) is 4.74 Å². The molecule has 158 valence electrons. The van der Waals surface area contributed by atoms with Gasteiger partial charge in [0.05, 0.1) is 13.2 Å². The number of hydrogen-bond acceptors (Lipinski definition) is 5. The van der Waals surface area contributed by atoms with Crippen LogP contribution < -0.4 is 10.7 Å². The second kappa shape index (κ2) is 7.24. The lowest BCUT2D eigenvalue weighted by Gasteiger charge is -2.46. The normalized spacial score (nSPS) is 19.8. The fraction of sp³-hybridized carbons (Fsp3) is 0.381. The molecular weight excluding hydrogens is 393 g/mol. The monoisotopic (exact) mass is 415 g/mol. The molecule has 1 atom stereocenters. The number of ether oxygens (including phenoxy) is 1. The Balaban J connectivity index is 1.61. The summed E-state index contributed by atoms with van der Waals surface area (Å²) in [6.45, 7) is 5.11. The maximum absolute atomic E-state index is 13.0. The van der Waals surface area contributed by atoms with E-state index in [2.05, 4.69) is 5.32 Å². The number of aromatic nitrogens is 1. The summed E-state index contributed by atoms with van der Waals surface area (Å²) in [6.07, 6.45) is 0.741. The van der Waals surface area contributed by atoms with Gasteiger partial charge in [-0.05, 0) is 17.7 Å². The fourth-order valence-corrected chi connectivity index (χ4v) is 3.74. The van der Waals surface area contributed by atoms with Crippen molar-refractivity contribution in [3.63, 3.8) is 0 Å². The highest BCUT2D eigenvalue weighted by Crippen LogP contribution is 2.32.